The predicted octanol–water partition coefficient (Wildman–Crippen LogP) is 14.3. The van der Waals surface area contributed by atoms with Crippen molar-refractivity contribution in [3.05, 3.63) is 186 Å². The van der Waals surface area contributed by atoms with Crippen LogP contribution >= 0.6 is 11.3 Å². The average Bonchev–Trinajstić information content (AvgIpc) is 3.82. The maximum absolute atomic E-state index is 5.71. The maximum Gasteiger partial charge on any atom is 0.161 e. The minimum atomic E-state index is -0.348. The highest BCUT2D eigenvalue weighted by Gasteiger charge is 2.49. The summed E-state index contributed by atoms with van der Waals surface area (Å²) in [6.45, 7) is 9.64. The summed E-state index contributed by atoms with van der Waals surface area (Å²) in [5.41, 5.74) is 17.2. The predicted molar refractivity (Wildman–Crippen MR) is 236 cm³/mol. The fourth-order valence-corrected chi connectivity index (χ4v) is 10.9. The van der Waals surface area contributed by atoms with Gasteiger partial charge in [0, 0.05) is 43.4 Å². The molecule has 2 aromatic heterocycles. The molecule has 0 spiro atoms. The molecule has 9 aromatic rings. The van der Waals surface area contributed by atoms with Gasteiger partial charge in [0.2, 0.25) is 0 Å². The summed E-state index contributed by atoms with van der Waals surface area (Å²) < 4.78 is 2.34. The van der Waals surface area contributed by atoms with E-state index in [0.29, 0.717) is 0 Å². The largest absolute Gasteiger partial charge is 0.310 e. The van der Waals surface area contributed by atoms with Crippen molar-refractivity contribution in [1.82, 2.24) is 9.97 Å². The summed E-state index contributed by atoms with van der Waals surface area (Å²) in [4.78, 5) is 13.9. The van der Waals surface area contributed by atoms with Crippen LogP contribution in [-0.2, 0) is 10.8 Å². The molecule has 0 radical (unpaired) electrons. The summed E-state index contributed by atoms with van der Waals surface area (Å²) in [7, 11) is 0. The van der Waals surface area contributed by atoms with Crippen LogP contribution in [0.1, 0.15) is 49.9 Å². The fourth-order valence-electron chi connectivity index (χ4n) is 9.76. The van der Waals surface area contributed by atoms with Gasteiger partial charge in [0.15, 0.2) is 5.82 Å². The minimum Gasteiger partial charge on any atom is -0.310 e. The lowest BCUT2D eigenvalue weighted by Crippen LogP contribution is -2.26. The molecule has 0 aliphatic heterocycles. The molecular formula is C52H39N3S. The molecule has 2 aliphatic rings. The normalized spacial score (nSPS) is 14.4. The van der Waals surface area contributed by atoms with Crippen LogP contribution in [-0.4, -0.2) is 9.97 Å². The van der Waals surface area contributed by atoms with Crippen molar-refractivity contribution in [3.63, 3.8) is 0 Å². The van der Waals surface area contributed by atoms with Crippen LogP contribution < -0.4 is 4.90 Å². The maximum atomic E-state index is 5.71. The molecule has 56 heavy (non-hydrogen) atoms. The first-order valence-electron chi connectivity index (χ1n) is 19.4. The third kappa shape index (κ3) is 4.57. The van der Waals surface area contributed by atoms with Gasteiger partial charge in [0.1, 0.15) is 0 Å². The third-order valence-corrected chi connectivity index (χ3v) is 13.4. The standard InChI is InChI=1S/C52H39N3S/c1-51(2)38-29-17-14-26-35(38)41-43(50-53-46(32-20-8-5-9-21-32)49-47(54-50)37-28-16-19-31-40(37)56-49)42-36-27-15-18-30-39(36)52(3,4)45(42)48(44(41)51)55(33-22-10-6-11-23-33)34-24-12-7-13-25-34/h5-31H,1-4H3. The van der Waals surface area contributed by atoms with Gasteiger partial charge < -0.3 is 4.90 Å². The average molecular weight is 738 g/mol. The number of anilines is 3. The van der Waals surface area contributed by atoms with Gasteiger partial charge in [-0.3, -0.25) is 0 Å². The number of fused-ring (bicyclic) bond motifs is 9. The zero-order valence-corrected chi connectivity index (χ0v) is 32.7. The highest BCUT2D eigenvalue weighted by molar-refractivity contribution is 7.26. The van der Waals surface area contributed by atoms with Crippen LogP contribution in [0.4, 0.5) is 17.1 Å². The van der Waals surface area contributed by atoms with Crippen LogP contribution in [0.2, 0.25) is 0 Å². The lowest BCUT2D eigenvalue weighted by atomic mass is 9.74. The van der Waals surface area contributed by atoms with E-state index in [1.54, 1.807) is 11.3 Å². The van der Waals surface area contributed by atoms with E-state index in [0.717, 1.165) is 44.2 Å². The molecule has 7 aromatic carbocycles. The molecule has 0 atom stereocenters. The van der Waals surface area contributed by atoms with Crippen molar-refractivity contribution in [2.75, 3.05) is 4.90 Å². The second-order valence-corrected chi connectivity index (χ2v) is 17.2. The van der Waals surface area contributed by atoms with Crippen LogP contribution in [0.3, 0.4) is 0 Å². The Morgan fingerprint density at radius 3 is 1.54 bits per heavy atom. The van der Waals surface area contributed by atoms with Crippen LogP contribution in [0.15, 0.2) is 164 Å². The lowest BCUT2D eigenvalue weighted by Gasteiger charge is -2.37. The van der Waals surface area contributed by atoms with Crippen molar-refractivity contribution in [2.24, 2.45) is 0 Å². The number of para-hydroxylation sites is 2. The molecule has 0 fully saturated rings. The molecule has 268 valence electrons. The minimum absolute atomic E-state index is 0.348. The van der Waals surface area contributed by atoms with Gasteiger partial charge in [-0.1, -0.05) is 161 Å². The fraction of sp³-hybridized carbons (Fsp3) is 0.115. The molecule has 2 heterocycles. The third-order valence-electron chi connectivity index (χ3n) is 12.2. The van der Waals surface area contributed by atoms with Crippen LogP contribution in [0.25, 0.3) is 65.2 Å². The summed E-state index contributed by atoms with van der Waals surface area (Å²) in [6, 6.07) is 59.2. The Labute approximate surface area is 331 Å². The van der Waals surface area contributed by atoms with E-state index in [2.05, 4.69) is 196 Å². The second kappa shape index (κ2) is 12.1. The SMILES string of the molecule is CC1(C)c2ccccc2-c2c(-c3nc(-c4ccccc4)c4sc5ccccc5c4n3)c3c(c(N(c4ccccc4)c4ccccc4)c21)C(C)(C)c1ccccc1-3. The van der Waals surface area contributed by atoms with E-state index in [9.17, 15) is 0 Å². The number of rotatable bonds is 5. The van der Waals surface area contributed by atoms with E-state index >= 15 is 0 Å². The topological polar surface area (TPSA) is 29.0 Å². The zero-order valence-electron chi connectivity index (χ0n) is 31.8. The molecule has 0 saturated heterocycles. The molecule has 4 heteroatoms. The first kappa shape index (κ1) is 33.0. The molecule has 3 nitrogen and oxygen atoms in total. The van der Waals surface area contributed by atoms with E-state index < -0.39 is 0 Å². The van der Waals surface area contributed by atoms with Crippen molar-refractivity contribution in [2.45, 2.75) is 38.5 Å². The van der Waals surface area contributed by atoms with Crippen molar-refractivity contribution in [1.29, 1.82) is 0 Å². The van der Waals surface area contributed by atoms with Crippen molar-refractivity contribution < 1.29 is 0 Å². The Bertz CT molecular complexity index is 2890. The van der Waals surface area contributed by atoms with Crippen LogP contribution in [0.5, 0.6) is 0 Å². The molecular weight excluding hydrogens is 699 g/mol. The van der Waals surface area contributed by atoms with Crippen molar-refractivity contribution in [3.8, 4) is 44.9 Å². The van der Waals surface area contributed by atoms with Gasteiger partial charge in [-0.15, -0.1) is 11.3 Å². The van der Waals surface area contributed by atoms with Gasteiger partial charge in [-0.2, -0.15) is 0 Å². The quantitative estimate of drug-likeness (QED) is 0.176. The number of thiophene rings is 1. The van der Waals surface area contributed by atoms with E-state index in [4.69, 9.17) is 9.97 Å². The summed E-state index contributed by atoms with van der Waals surface area (Å²) in [5.74, 6) is 0.768. The Balaban J connectivity index is 1.38. The number of hydrogen-bond acceptors (Lipinski definition) is 4. The molecule has 0 N–H and O–H groups in total. The summed E-state index contributed by atoms with van der Waals surface area (Å²) in [5, 5.41) is 1.17. The first-order valence-corrected chi connectivity index (χ1v) is 20.3. The van der Waals surface area contributed by atoms with Gasteiger partial charge in [-0.05, 0) is 74.8 Å². The van der Waals surface area contributed by atoms with Gasteiger partial charge in [0.05, 0.1) is 21.6 Å². The number of hydrogen-bond donors (Lipinski definition) is 0. The van der Waals surface area contributed by atoms with Crippen molar-refractivity contribution >= 4 is 48.7 Å². The molecule has 11 rings (SSSR count). The molecule has 0 unspecified atom stereocenters. The number of nitrogens with zero attached hydrogens (tertiary/aromatic N) is 3. The highest BCUT2D eigenvalue weighted by atomic mass is 32.1. The Kier molecular flexibility index (Phi) is 7.12. The molecule has 0 bridgehead atoms. The summed E-state index contributed by atoms with van der Waals surface area (Å²) in [6.07, 6.45) is 0. The zero-order chi connectivity index (χ0) is 37.8. The van der Waals surface area contributed by atoms with Crippen LogP contribution in [0, 0.1) is 0 Å². The summed E-state index contributed by atoms with van der Waals surface area (Å²) >= 11 is 1.78. The number of aromatic nitrogens is 2. The Hall–Kier alpha value is -6.36. The molecule has 0 amide bonds. The van der Waals surface area contributed by atoms with Gasteiger partial charge in [0.25, 0.3) is 0 Å². The van der Waals surface area contributed by atoms with Gasteiger partial charge >= 0.3 is 0 Å². The van der Waals surface area contributed by atoms with E-state index in [1.165, 1.54) is 60.3 Å². The first-order chi connectivity index (χ1) is 27.3. The van der Waals surface area contributed by atoms with Gasteiger partial charge in [-0.25, -0.2) is 9.97 Å². The van der Waals surface area contributed by atoms with E-state index in [-0.39, 0.29) is 10.8 Å². The smallest absolute Gasteiger partial charge is 0.161 e. The highest BCUT2D eigenvalue weighted by Crippen LogP contribution is 2.66. The Morgan fingerprint density at radius 1 is 0.482 bits per heavy atom. The molecule has 0 saturated carbocycles. The van der Waals surface area contributed by atoms with E-state index in [1.807, 2.05) is 0 Å². The monoisotopic (exact) mass is 737 g/mol. The second-order valence-electron chi connectivity index (χ2n) is 16.1. The Morgan fingerprint density at radius 2 is 0.964 bits per heavy atom. The lowest BCUT2D eigenvalue weighted by molar-refractivity contribution is 0.640. The number of benzene rings is 7. The molecule has 2 aliphatic carbocycles.